The van der Waals surface area contributed by atoms with E-state index in [-0.39, 0.29) is 0 Å². The second kappa shape index (κ2) is 6.83. The lowest BCUT2D eigenvalue weighted by atomic mass is 10.1. The standard InChI is InChI=1S/C18H20N2S/c1-2-9-20-16(11-14-6-5-10-19-13-14)18-12-15-7-3-4-8-17(15)21-18/h3-8,10,12-13,16,20H,2,9,11H2,1H3. The van der Waals surface area contributed by atoms with Gasteiger partial charge < -0.3 is 5.32 Å². The van der Waals surface area contributed by atoms with Gasteiger partial charge in [-0.2, -0.15) is 0 Å². The molecule has 2 heterocycles. The molecule has 0 spiro atoms. The third-order valence-corrected chi connectivity index (χ3v) is 4.82. The maximum atomic E-state index is 4.23. The van der Waals surface area contributed by atoms with E-state index in [4.69, 9.17) is 0 Å². The van der Waals surface area contributed by atoms with Crippen molar-refractivity contribution in [1.29, 1.82) is 0 Å². The Morgan fingerprint density at radius 3 is 2.86 bits per heavy atom. The van der Waals surface area contributed by atoms with Crippen LogP contribution in [0.4, 0.5) is 0 Å². The van der Waals surface area contributed by atoms with Crippen molar-refractivity contribution in [3.05, 3.63) is 65.3 Å². The van der Waals surface area contributed by atoms with Gasteiger partial charge in [-0.15, -0.1) is 11.3 Å². The van der Waals surface area contributed by atoms with Crippen molar-refractivity contribution < 1.29 is 0 Å². The first-order chi connectivity index (χ1) is 10.4. The number of thiophene rings is 1. The summed E-state index contributed by atoms with van der Waals surface area (Å²) in [7, 11) is 0. The first-order valence-corrected chi connectivity index (χ1v) is 8.29. The fraction of sp³-hybridized carbons (Fsp3) is 0.278. The van der Waals surface area contributed by atoms with Gasteiger partial charge in [0, 0.05) is 28.0 Å². The Morgan fingerprint density at radius 1 is 1.19 bits per heavy atom. The van der Waals surface area contributed by atoms with Crippen LogP contribution >= 0.6 is 11.3 Å². The molecule has 1 atom stereocenters. The number of rotatable bonds is 6. The van der Waals surface area contributed by atoms with E-state index in [2.05, 4.69) is 53.6 Å². The van der Waals surface area contributed by atoms with Gasteiger partial charge in [0.05, 0.1) is 0 Å². The minimum Gasteiger partial charge on any atom is -0.309 e. The molecule has 0 bridgehead atoms. The number of pyridine rings is 1. The topological polar surface area (TPSA) is 24.9 Å². The lowest BCUT2D eigenvalue weighted by Gasteiger charge is -2.17. The first kappa shape index (κ1) is 14.2. The van der Waals surface area contributed by atoms with Crippen LogP contribution < -0.4 is 5.32 Å². The molecule has 2 aromatic heterocycles. The smallest absolute Gasteiger partial charge is 0.0456 e. The molecule has 0 saturated carbocycles. The zero-order valence-electron chi connectivity index (χ0n) is 12.3. The van der Waals surface area contributed by atoms with Gasteiger partial charge in [0.15, 0.2) is 0 Å². The highest BCUT2D eigenvalue weighted by molar-refractivity contribution is 7.19. The molecular formula is C18H20N2S. The molecule has 0 aliphatic heterocycles. The minimum atomic E-state index is 0.367. The lowest BCUT2D eigenvalue weighted by molar-refractivity contribution is 0.536. The van der Waals surface area contributed by atoms with Gasteiger partial charge in [-0.3, -0.25) is 4.98 Å². The highest BCUT2D eigenvalue weighted by Crippen LogP contribution is 2.31. The van der Waals surface area contributed by atoms with E-state index < -0.39 is 0 Å². The van der Waals surface area contributed by atoms with Crippen LogP contribution in [0.3, 0.4) is 0 Å². The molecule has 1 N–H and O–H groups in total. The van der Waals surface area contributed by atoms with Crippen LogP contribution in [0.1, 0.15) is 29.8 Å². The van der Waals surface area contributed by atoms with Crippen molar-refractivity contribution in [2.75, 3.05) is 6.54 Å². The van der Waals surface area contributed by atoms with Crippen molar-refractivity contribution in [1.82, 2.24) is 10.3 Å². The maximum absolute atomic E-state index is 4.23. The number of fused-ring (bicyclic) bond motifs is 1. The van der Waals surface area contributed by atoms with Gasteiger partial charge in [-0.1, -0.05) is 31.2 Å². The van der Waals surface area contributed by atoms with Gasteiger partial charge >= 0.3 is 0 Å². The summed E-state index contributed by atoms with van der Waals surface area (Å²) in [4.78, 5) is 5.64. The monoisotopic (exact) mass is 296 g/mol. The van der Waals surface area contributed by atoms with Gasteiger partial charge in [-0.25, -0.2) is 0 Å². The van der Waals surface area contributed by atoms with E-state index in [9.17, 15) is 0 Å². The van der Waals surface area contributed by atoms with E-state index in [1.807, 2.05) is 29.8 Å². The highest BCUT2D eigenvalue weighted by Gasteiger charge is 2.14. The fourth-order valence-corrected chi connectivity index (χ4v) is 3.66. The Balaban J connectivity index is 1.87. The van der Waals surface area contributed by atoms with Crippen LogP contribution in [-0.4, -0.2) is 11.5 Å². The van der Waals surface area contributed by atoms with Gasteiger partial charge in [0.25, 0.3) is 0 Å². The fourth-order valence-electron chi connectivity index (χ4n) is 2.52. The third-order valence-electron chi connectivity index (χ3n) is 3.59. The molecule has 1 aromatic carbocycles. The molecule has 1 unspecified atom stereocenters. The zero-order valence-corrected chi connectivity index (χ0v) is 13.1. The SMILES string of the molecule is CCCNC(Cc1cccnc1)c1cc2ccccc2s1. The predicted octanol–water partition coefficient (Wildman–Crippen LogP) is 4.58. The van der Waals surface area contributed by atoms with Crippen LogP contribution in [0, 0.1) is 0 Å². The first-order valence-electron chi connectivity index (χ1n) is 7.47. The second-order valence-electron chi connectivity index (χ2n) is 5.26. The summed E-state index contributed by atoms with van der Waals surface area (Å²) in [6.45, 7) is 3.25. The number of benzene rings is 1. The maximum Gasteiger partial charge on any atom is 0.0456 e. The summed E-state index contributed by atoms with van der Waals surface area (Å²) in [5.41, 5.74) is 1.28. The lowest BCUT2D eigenvalue weighted by Crippen LogP contribution is -2.23. The molecule has 0 aliphatic carbocycles. The molecule has 3 aromatic rings. The molecule has 3 heteroatoms. The van der Waals surface area contributed by atoms with Crippen LogP contribution in [0.5, 0.6) is 0 Å². The van der Waals surface area contributed by atoms with E-state index in [0.29, 0.717) is 6.04 Å². The van der Waals surface area contributed by atoms with Gasteiger partial charge in [0.1, 0.15) is 0 Å². The Bertz CT molecular complexity index is 658. The molecule has 2 nitrogen and oxygen atoms in total. The molecule has 0 amide bonds. The summed E-state index contributed by atoms with van der Waals surface area (Å²) in [6, 6.07) is 15.5. The van der Waals surface area contributed by atoms with Crippen LogP contribution in [-0.2, 0) is 6.42 Å². The van der Waals surface area contributed by atoms with Gasteiger partial charge in [-0.05, 0) is 48.5 Å². The number of hydrogen-bond donors (Lipinski definition) is 1. The Morgan fingerprint density at radius 2 is 2.10 bits per heavy atom. The molecule has 3 rings (SSSR count). The van der Waals surface area contributed by atoms with Gasteiger partial charge in [0.2, 0.25) is 0 Å². The molecular weight excluding hydrogens is 276 g/mol. The third kappa shape index (κ3) is 3.49. The van der Waals surface area contributed by atoms with Crippen molar-refractivity contribution in [3.63, 3.8) is 0 Å². The summed E-state index contributed by atoms with van der Waals surface area (Å²) in [5.74, 6) is 0. The molecule has 0 radical (unpaired) electrons. The molecule has 0 aliphatic rings. The average molecular weight is 296 g/mol. The van der Waals surface area contributed by atoms with Crippen molar-refractivity contribution >= 4 is 21.4 Å². The van der Waals surface area contributed by atoms with E-state index >= 15 is 0 Å². The van der Waals surface area contributed by atoms with E-state index in [0.717, 1.165) is 19.4 Å². The van der Waals surface area contributed by atoms with Crippen molar-refractivity contribution in [3.8, 4) is 0 Å². The Kier molecular flexibility index (Phi) is 4.63. The van der Waals surface area contributed by atoms with Crippen molar-refractivity contribution in [2.24, 2.45) is 0 Å². The summed E-state index contributed by atoms with van der Waals surface area (Å²) in [6.07, 6.45) is 5.93. The van der Waals surface area contributed by atoms with Crippen LogP contribution in [0.15, 0.2) is 54.9 Å². The molecule has 108 valence electrons. The van der Waals surface area contributed by atoms with Crippen molar-refractivity contribution in [2.45, 2.75) is 25.8 Å². The molecule has 21 heavy (non-hydrogen) atoms. The quantitative estimate of drug-likeness (QED) is 0.720. The average Bonchev–Trinajstić information content (AvgIpc) is 2.96. The largest absolute Gasteiger partial charge is 0.309 e. The van der Waals surface area contributed by atoms with Crippen LogP contribution in [0.25, 0.3) is 10.1 Å². The zero-order chi connectivity index (χ0) is 14.5. The van der Waals surface area contributed by atoms with Crippen LogP contribution in [0.2, 0.25) is 0 Å². The number of aromatic nitrogens is 1. The molecule has 0 fully saturated rings. The normalized spacial score (nSPS) is 12.6. The number of nitrogens with zero attached hydrogens (tertiary/aromatic N) is 1. The number of nitrogens with one attached hydrogen (secondary N) is 1. The summed E-state index contributed by atoms with van der Waals surface area (Å²) in [5, 5.41) is 5.02. The molecule has 0 saturated heterocycles. The van der Waals surface area contributed by atoms with E-state index in [1.165, 1.54) is 20.5 Å². The summed E-state index contributed by atoms with van der Waals surface area (Å²) >= 11 is 1.89. The summed E-state index contributed by atoms with van der Waals surface area (Å²) < 4.78 is 1.36. The highest BCUT2D eigenvalue weighted by atomic mass is 32.1. The van der Waals surface area contributed by atoms with E-state index in [1.54, 1.807) is 0 Å². The minimum absolute atomic E-state index is 0.367. The Labute approximate surface area is 129 Å². The second-order valence-corrected chi connectivity index (χ2v) is 6.37. The predicted molar refractivity (Wildman–Crippen MR) is 90.8 cm³/mol. The number of hydrogen-bond acceptors (Lipinski definition) is 3. The Hall–Kier alpha value is -1.71.